The second-order valence-corrected chi connectivity index (χ2v) is 8.08. The maximum Gasteiger partial charge on any atom is 0.227 e. The van der Waals surface area contributed by atoms with Crippen LogP contribution in [0.1, 0.15) is 42.6 Å². The van der Waals surface area contributed by atoms with Gasteiger partial charge in [0.05, 0.1) is 5.25 Å². The average Bonchev–Trinajstić information content (AvgIpc) is 2.97. The molecule has 1 saturated heterocycles. The molecule has 1 aromatic heterocycles. The summed E-state index contributed by atoms with van der Waals surface area (Å²) in [6.07, 6.45) is 6.16. The highest BCUT2D eigenvalue weighted by molar-refractivity contribution is 8.06. The lowest BCUT2D eigenvalue weighted by Gasteiger charge is -2.30. The monoisotopic (exact) mass is 313 g/mol. The van der Waals surface area contributed by atoms with E-state index in [1.165, 1.54) is 37.2 Å². The van der Waals surface area contributed by atoms with Crippen LogP contribution in [0.2, 0.25) is 0 Å². The minimum atomic E-state index is 0.428. The van der Waals surface area contributed by atoms with Crippen molar-refractivity contribution in [3.8, 4) is 0 Å². The zero-order valence-corrected chi connectivity index (χ0v) is 13.6. The molecule has 1 aliphatic heterocycles. The highest BCUT2D eigenvalue weighted by Crippen LogP contribution is 2.35. The molecule has 0 bridgehead atoms. The van der Waals surface area contributed by atoms with Gasteiger partial charge < -0.3 is 9.84 Å². The number of thioether (sulfide) groups is 2. The lowest BCUT2D eigenvalue weighted by molar-refractivity contribution is 0.248. The summed E-state index contributed by atoms with van der Waals surface area (Å²) in [7, 11) is 2.07. The van der Waals surface area contributed by atoms with Crippen molar-refractivity contribution >= 4 is 23.5 Å². The molecule has 6 heteroatoms. The van der Waals surface area contributed by atoms with Crippen LogP contribution in [-0.4, -0.2) is 40.5 Å². The Bertz CT molecular complexity index is 420. The molecule has 0 aromatic carbocycles. The molecule has 20 heavy (non-hydrogen) atoms. The first-order chi connectivity index (χ1) is 9.86. The molecule has 3 rings (SSSR count). The molecule has 2 fully saturated rings. The van der Waals surface area contributed by atoms with Gasteiger partial charge in [0, 0.05) is 29.7 Å². The molecule has 2 aliphatic rings. The number of rotatable bonds is 4. The lowest BCUT2D eigenvalue weighted by Crippen LogP contribution is -2.37. The third kappa shape index (κ3) is 3.52. The zero-order valence-electron chi connectivity index (χ0n) is 12.0. The maximum absolute atomic E-state index is 5.50. The van der Waals surface area contributed by atoms with Crippen molar-refractivity contribution in [2.75, 3.05) is 24.3 Å². The SMILES string of the molecule is CNC1CCCCC1Cc1nc(C2CSCCS2)no1. The topological polar surface area (TPSA) is 51.0 Å². The molecule has 1 aromatic rings. The van der Waals surface area contributed by atoms with Gasteiger partial charge >= 0.3 is 0 Å². The molecule has 0 amide bonds. The molecule has 2 heterocycles. The Labute approximate surface area is 129 Å². The van der Waals surface area contributed by atoms with E-state index in [0.717, 1.165) is 23.9 Å². The van der Waals surface area contributed by atoms with E-state index in [0.29, 0.717) is 17.2 Å². The highest BCUT2D eigenvalue weighted by Gasteiger charge is 2.27. The van der Waals surface area contributed by atoms with Gasteiger partial charge in [-0.05, 0) is 25.8 Å². The molecule has 1 N–H and O–H groups in total. The molecular formula is C14H23N3OS2. The number of nitrogens with zero attached hydrogens (tertiary/aromatic N) is 2. The molecule has 0 radical (unpaired) electrons. The Balaban J connectivity index is 1.61. The Kier molecular flexibility index (Phi) is 5.29. The van der Waals surface area contributed by atoms with Gasteiger partial charge in [-0.3, -0.25) is 0 Å². The minimum absolute atomic E-state index is 0.428. The summed E-state index contributed by atoms with van der Waals surface area (Å²) in [5.74, 6) is 5.96. The summed E-state index contributed by atoms with van der Waals surface area (Å²) in [5.41, 5.74) is 0. The van der Waals surface area contributed by atoms with Gasteiger partial charge in [-0.2, -0.15) is 16.7 Å². The lowest BCUT2D eigenvalue weighted by atomic mass is 9.82. The predicted molar refractivity (Wildman–Crippen MR) is 85.3 cm³/mol. The Morgan fingerprint density at radius 1 is 1.30 bits per heavy atom. The van der Waals surface area contributed by atoms with E-state index in [4.69, 9.17) is 4.52 Å². The first-order valence-electron chi connectivity index (χ1n) is 7.56. The fraction of sp³-hybridized carbons (Fsp3) is 0.857. The zero-order chi connectivity index (χ0) is 13.8. The molecular weight excluding hydrogens is 290 g/mol. The summed E-state index contributed by atoms with van der Waals surface area (Å²) < 4.78 is 5.50. The molecule has 3 atom stereocenters. The number of hydrogen-bond acceptors (Lipinski definition) is 6. The fourth-order valence-electron chi connectivity index (χ4n) is 3.17. The normalized spacial score (nSPS) is 31.4. The van der Waals surface area contributed by atoms with Crippen LogP contribution >= 0.6 is 23.5 Å². The first-order valence-corrected chi connectivity index (χ1v) is 9.76. The van der Waals surface area contributed by atoms with Crippen molar-refractivity contribution in [1.29, 1.82) is 0 Å². The molecule has 0 spiro atoms. The van der Waals surface area contributed by atoms with Crippen LogP contribution in [0, 0.1) is 5.92 Å². The van der Waals surface area contributed by atoms with Crippen molar-refractivity contribution in [2.24, 2.45) is 5.92 Å². The van der Waals surface area contributed by atoms with Gasteiger partial charge in [0.2, 0.25) is 5.89 Å². The summed E-state index contributed by atoms with van der Waals surface area (Å²) >= 11 is 3.96. The van der Waals surface area contributed by atoms with Crippen LogP contribution in [0.4, 0.5) is 0 Å². The van der Waals surface area contributed by atoms with E-state index in [9.17, 15) is 0 Å². The van der Waals surface area contributed by atoms with E-state index in [-0.39, 0.29) is 0 Å². The van der Waals surface area contributed by atoms with Crippen molar-refractivity contribution in [3.63, 3.8) is 0 Å². The van der Waals surface area contributed by atoms with Gasteiger partial charge in [-0.1, -0.05) is 18.0 Å². The number of hydrogen-bond donors (Lipinski definition) is 1. The second kappa shape index (κ2) is 7.18. The van der Waals surface area contributed by atoms with E-state index < -0.39 is 0 Å². The van der Waals surface area contributed by atoms with Gasteiger partial charge in [-0.25, -0.2) is 0 Å². The van der Waals surface area contributed by atoms with Crippen molar-refractivity contribution in [1.82, 2.24) is 15.5 Å². The van der Waals surface area contributed by atoms with Gasteiger partial charge in [0.15, 0.2) is 5.82 Å². The predicted octanol–water partition coefficient (Wildman–Crippen LogP) is 2.91. The molecule has 1 aliphatic carbocycles. The molecule has 1 saturated carbocycles. The Morgan fingerprint density at radius 2 is 2.20 bits per heavy atom. The standard InChI is InChI=1S/C14H23N3OS2/c1-15-11-5-3-2-4-10(11)8-13-16-14(17-18-13)12-9-19-6-7-20-12/h10-12,15H,2-9H2,1H3. The second-order valence-electron chi connectivity index (χ2n) is 5.62. The smallest absolute Gasteiger partial charge is 0.227 e. The van der Waals surface area contributed by atoms with Crippen molar-refractivity contribution in [3.05, 3.63) is 11.7 Å². The van der Waals surface area contributed by atoms with E-state index in [1.807, 2.05) is 23.5 Å². The number of aromatic nitrogens is 2. The largest absolute Gasteiger partial charge is 0.339 e. The van der Waals surface area contributed by atoms with Gasteiger partial charge in [-0.15, -0.1) is 11.8 Å². The molecule has 4 nitrogen and oxygen atoms in total. The van der Waals surface area contributed by atoms with Crippen LogP contribution < -0.4 is 5.32 Å². The first kappa shape index (κ1) is 14.7. The summed E-state index contributed by atoms with van der Waals surface area (Å²) in [5, 5.41) is 8.09. The molecule has 3 unspecified atom stereocenters. The molecule has 112 valence electrons. The van der Waals surface area contributed by atoms with Crippen molar-refractivity contribution < 1.29 is 4.52 Å². The minimum Gasteiger partial charge on any atom is -0.339 e. The number of nitrogens with one attached hydrogen (secondary N) is 1. The maximum atomic E-state index is 5.50. The summed E-state index contributed by atoms with van der Waals surface area (Å²) in [6.45, 7) is 0. The van der Waals surface area contributed by atoms with Gasteiger partial charge in [0.25, 0.3) is 0 Å². The van der Waals surface area contributed by atoms with Crippen molar-refractivity contribution in [2.45, 2.75) is 43.4 Å². The van der Waals surface area contributed by atoms with Crippen LogP contribution in [0.5, 0.6) is 0 Å². The van der Waals surface area contributed by atoms with E-state index in [1.54, 1.807) is 0 Å². The third-order valence-electron chi connectivity index (χ3n) is 4.30. The quantitative estimate of drug-likeness (QED) is 0.922. The average molecular weight is 313 g/mol. The summed E-state index contributed by atoms with van der Waals surface area (Å²) in [6, 6.07) is 0.610. The van der Waals surface area contributed by atoms with E-state index >= 15 is 0 Å². The van der Waals surface area contributed by atoms with Gasteiger partial charge in [0.1, 0.15) is 0 Å². The van der Waals surface area contributed by atoms with Crippen LogP contribution in [0.3, 0.4) is 0 Å². The Morgan fingerprint density at radius 3 is 3.00 bits per heavy atom. The third-order valence-corrected chi connectivity index (χ3v) is 7.06. The summed E-state index contributed by atoms with van der Waals surface area (Å²) in [4.78, 5) is 4.66. The Hall–Kier alpha value is -0.200. The van der Waals surface area contributed by atoms with E-state index in [2.05, 4.69) is 22.5 Å². The highest BCUT2D eigenvalue weighted by atomic mass is 32.2. The fourth-order valence-corrected chi connectivity index (χ4v) is 5.76. The van der Waals surface area contributed by atoms with Crippen LogP contribution in [0.15, 0.2) is 4.52 Å². The van der Waals surface area contributed by atoms with Crippen LogP contribution in [-0.2, 0) is 6.42 Å². The van der Waals surface area contributed by atoms with Crippen LogP contribution in [0.25, 0.3) is 0 Å².